The van der Waals surface area contributed by atoms with E-state index in [1.165, 1.54) is 12.1 Å². The zero-order chi connectivity index (χ0) is 22.0. The van der Waals surface area contributed by atoms with Crippen LogP contribution in [0, 0.1) is 5.92 Å². The summed E-state index contributed by atoms with van der Waals surface area (Å²) in [5.74, 6) is -0.448. The molecule has 2 aliphatic rings. The zero-order valence-electron chi connectivity index (χ0n) is 16.9. The van der Waals surface area contributed by atoms with Crippen molar-refractivity contribution >= 4 is 39.1 Å². The number of nitrogens with one attached hydrogen (secondary N) is 1. The maximum absolute atomic E-state index is 13.0. The molecule has 7 nitrogen and oxygen atoms in total. The molecular weight excluding hydrogens is 438 g/mol. The Kier molecular flexibility index (Phi) is 6.31. The van der Waals surface area contributed by atoms with Crippen LogP contribution in [0.15, 0.2) is 59.5 Å². The van der Waals surface area contributed by atoms with Crippen LogP contribution in [0.2, 0.25) is 5.02 Å². The van der Waals surface area contributed by atoms with Gasteiger partial charge in [0.25, 0.3) is 0 Å². The molecule has 0 aromatic heterocycles. The third-order valence-electron chi connectivity index (χ3n) is 5.79. The van der Waals surface area contributed by atoms with E-state index in [4.69, 9.17) is 11.6 Å². The summed E-state index contributed by atoms with van der Waals surface area (Å²) in [6.45, 7) is 1.30. The highest BCUT2D eigenvalue weighted by Gasteiger charge is 2.38. The van der Waals surface area contributed by atoms with E-state index in [0.717, 1.165) is 5.69 Å². The van der Waals surface area contributed by atoms with Crippen molar-refractivity contribution in [1.82, 2.24) is 9.62 Å². The number of anilines is 1. The summed E-state index contributed by atoms with van der Waals surface area (Å²) in [6.07, 6.45) is 1.26. The lowest BCUT2D eigenvalue weighted by Gasteiger charge is -2.33. The minimum Gasteiger partial charge on any atom is -0.342 e. The minimum absolute atomic E-state index is 0.0363. The van der Waals surface area contributed by atoms with Crippen LogP contribution in [0.4, 0.5) is 5.69 Å². The van der Waals surface area contributed by atoms with Crippen molar-refractivity contribution in [2.24, 2.45) is 5.92 Å². The van der Waals surface area contributed by atoms with Gasteiger partial charge in [0.15, 0.2) is 0 Å². The van der Waals surface area contributed by atoms with Crippen LogP contribution in [-0.2, 0) is 19.6 Å². The van der Waals surface area contributed by atoms with E-state index in [0.29, 0.717) is 37.5 Å². The number of nitrogens with zero attached hydrogens (tertiary/aromatic N) is 2. The SMILES string of the molecule is O=C([C@H]1CC(=O)N(c2ccccc2)C1)N1CCC(NS(=O)(=O)c2ccc(Cl)cc2)CC1. The number of carbonyl (C=O) groups is 2. The smallest absolute Gasteiger partial charge is 0.240 e. The van der Waals surface area contributed by atoms with Gasteiger partial charge in [0.2, 0.25) is 21.8 Å². The highest BCUT2D eigenvalue weighted by molar-refractivity contribution is 7.89. The Morgan fingerprint density at radius 2 is 1.65 bits per heavy atom. The molecule has 9 heteroatoms. The van der Waals surface area contributed by atoms with Gasteiger partial charge in [0, 0.05) is 42.8 Å². The third-order valence-corrected chi connectivity index (χ3v) is 7.58. The van der Waals surface area contributed by atoms with Crippen molar-refractivity contribution in [1.29, 1.82) is 0 Å². The molecule has 0 saturated carbocycles. The van der Waals surface area contributed by atoms with E-state index in [-0.39, 0.29) is 35.1 Å². The number of amides is 2. The van der Waals surface area contributed by atoms with Gasteiger partial charge in [-0.1, -0.05) is 29.8 Å². The first kappa shape index (κ1) is 21.8. The lowest BCUT2D eigenvalue weighted by Crippen LogP contribution is -2.48. The number of halogens is 1. The Balaban J connectivity index is 1.32. The van der Waals surface area contributed by atoms with Crippen LogP contribution in [0.1, 0.15) is 19.3 Å². The van der Waals surface area contributed by atoms with E-state index >= 15 is 0 Å². The molecule has 164 valence electrons. The Bertz CT molecular complexity index is 1050. The van der Waals surface area contributed by atoms with Crippen molar-refractivity contribution in [3.63, 3.8) is 0 Å². The van der Waals surface area contributed by atoms with Gasteiger partial charge in [-0.15, -0.1) is 0 Å². The van der Waals surface area contributed by atoms with E-state index in [1.807, 2.05) is 30.3 Å². The number of sulfonamides is 1. The number of carbonyl (C=O) groups excluding carboxylic acids is 2. The van der Waals surface area contributed by atoms with E-state index in [9.17, 15) is 18.0 Å². The largest absolute Gasteiger partial charge is 0.342 e. The van der Waals surface area contributed by atoms with Crippen molar-refractivity contribution < 1.29 is 18.0 Å². The topological polar surface area (TPSA) is 86.8 Å². The van der Waals surface area contributed by atoms with Crippen LogP contribution >= 0.6 is 11.6 Å². The molecule has 0 bridgehead atoms. The highest BCUT2D eigenvalue weighted by Crippen LogP contribution is 2.27. The van der Waals surface area contributed by atoms with Gasteiger partial charge in [-0.2, -0.15) is 0 Å². The van der Waals surface area contributed by atoms with Gasteiger partial charge in [0.05, 0.1) is 10.8 Å². The Labute approximate surface area is 187 Å². The number of rotatable bonds is 5. The number of para-hydroxylation sites is 1. The summed E-state index contributed by atoms with van der Waals surface area (Å²) in [6, 6.07) is 15.1. The van der Waals surface area contributed by atoms with Crippen LogP contribution in [0.5, 0.6) is 0 Å². The monoisotopic (exact) mass is 461 g/mol. The molecule has 2 heterocycles. The number of benzene rings is 2. The predicted molar refractivity (Wildman–Crippen MR) is 118 cm³/mol. The molecule has 2 aliphatic heterocycles. The van der Waals surface area contributed by atoms with E-state index in [1.54, 1.807) is 21.9 Å². The summed E-state index contributed by atoms with van der Waals surface area (Å²) in [5.41, 5.74) is 0.804. The molecule has 31 heavy (non-hydrogen) atoms. The molecule has 0 radical (unpaired) electrons. The van der Waals surface area contributed by atoms with E-state index in [2.05, 4.69) is 4.72 Å². The second kappa shape index (κ2) is 8.98. The minimum atomic E-state index is -3.64. The molecule has 0 aliphatic carbocycles. The fourth-order valence-corrected chi connectivity index (χ4v) is 5.54. The molecule has 2 aromatic rings. The van der Waals surface area contributed by atoms with Crippen LogP contribution in [0.25, 0.3) is 0 Å². The lowest BCUT2D eigenvalue weighted by atomic mass is 10.0. The van der Waals surface area contributed by atoms with Crippen molar-refractivity contribution in [2.45, 2.75) is 30.2 Å². The molecular formula is C22H24ClN3O4S. The van der Waals surface area contributed by atoms with Gasteiger partial charge in [-0.25, -0.2) is 13.1 Å². The highest BCUT2D eigenvalue weighted by atomic mass is 35.5. The summed E-state index contributed by atoms with van der Waals surface area (Å²) in [5, 5.41) is 0.474. The van der Waals surface area contributed by atoms with Gasteiger partial charge in [-0.3, -0.25) is 9.59 Å². The van der Waals surface area contributed by atoms with Gasteiger partial charge >= 0.3 is 0 Å². The van der Waals surface area contributed by atoms with Gasteiger partial charge in [0.1, 0.15) is 0 Å². The standard InChI is InChI=1S/C22H24ClN3O4S/c23-17-6-8-20(9-7-17)31(29,30)24-18-10-12-25(13-11-18)22(28)16-14-21(27)26(15-16)19-4-2-1-3-5-19/h1-9,16,18,24H,10-15H2/t16-/m0/s1. The maximum Gasteiger partial charge on any atom is 0.240 e. The Morgan fingerprint density at radius 1 is 1.00 bits per heavy atom. The average molecular weight is 462 g/mol. The molecule has 2 amide bonds. The Hall–Kier alpha value is -2.42. The summed E-state index contributed by atoms with van der Waals surface area (Å²) in [4.78, 5) is 29.0. The lowest BCUT2D eigenvalue weighted by molar-refractivity contribution is -0.136. The molecule has 2 aromatic carbocycles. The fourth-order valence-electron chi connectivity index (χ4n) is 4.11. The number of hydrogen-bond acceptors (Lipinski definition) is 4. The van der Waals surface area contributed by atoms with Crippen molar-refractivity contribution in [3.05, 3.63) is 59.6 Å². The van der Waals surface area contributed by atoms with Crippen LogP contribution < -0.4 is 9.62 Å². The molecule has 1 N–H and O–H groups in total. The zero-order valence-corrected chi connectivity index (χ0v) is 18.5. The summed E-state index contributed by atoms with van der Waals surface area (Å²) >= 11 is 5.83. The van der Waals surface area contributed by atoms with Crippen molar-refractivity contribution in [2.75, 3.05) is 24.5 Å². The third kappa shape index (κ3) is 4.92. The number of likely N-dealkylation sites (tertiary alicyclic amines) is 1. The first-order valence-corrected chi connectivity index (χ1v) is 12.1. The first-order valence-electron chi connectivity index (χ1n) is 10.3. The summed E-state index contributed by atoms with van der Waals surface area (Å²) < 4.78 is 27.9. The molecule has 0 spiro atoms. The predicted octanol–water partition coefficient (Wildman–Crippen LogP) is 2.66. The molecule has 4 rings (SSSR count). The molecule has 1 atom stereocenters. The van der Waals surface area contributed by atoms with Crippen LogP contribution in [0.3, 0.4) is 0 Å². The molecule has 2 saturated heterocycles. The van der Waals surface area contributed by atoms with Gasteiger partial charge in [-0.05, 0) is 49.2 Å². The molecule has 0 unspecified atom stereocenters. The fraction of sp³-hybridized carbons (Fsp3) is 0.364. The average Bonchev–Trinajstić information content (AvgIpc) is 3.16. The quantitative estimate of drug-likeness (QED) is 0.741. The Morgan fingerprint density at radius 3 is 2.29 bits per heavy atom. The van der Waals surface area contributed by atoms with E-state index < -0.39 is 10.0 Å². The second-order valence-electron chi connectivity index (χ2n) is 7.92. The number of hydrogen-bond donors (Lipinski definition) is 1. The normalized spacial score (nSPS) is 20.3. The van der Waals surface area contributed by atoms with Crippen LogP contribution in [-0.4, -0.2) is 50.8 Å². The number of piperidine rings is 1. The second-order valence-corrected chi connectivity index (χ2v) is 10.1. The maximum atomic E-state index is 13.0. The van der Waals surface area contributed by atoms with Gasteiger partial charge < -0.3 is 9.80 Å². The molecule has 2 fully saturated rings. The summed E-state index contributed by atoms with van der Waals surface area (Å²) in [7, 11) is -3.64. The first-order chi connectivity index (χ1) is 14.8. The van der Waals surface area contributed by atoms with Crippen molar-refractivity contribution in [3.8, 4) is 0 Å².